The van der Waals surface area contributed by atoms with E-state index in [9.17, 15) is 0 Å². The highest BCUT2D eigenvalue weighted by molar-refractivity contribution is 4.89. The Morgan fingerprint density at radius 2 is 2.00 bits per heavy atom. The van der Waals surface area contributed by atoms with Crippen molar-refractivity contribution in [3.63, 3.8) is 0 Å². The highest BCUT2D eigenvalue weighted by Crippen LogP contribution is 2.27. The lowest BCUT2D eigenvalue weighted by Gasteiger charge is -2.48. The van der Waals surface area contributed by atoms with Crippen LogP contribution < -0.4 is 0 Å². The molecule has 0 radical (unpaired) electrons. The summed E-state index contributed by atoms with van der Waals surface area (Å²) in [7, 11) is 2.24. The van der Waals surface area contributed by atoms with Gasteiger partial charge < -0.3 is 0 Å². The van der Waals surface area contributed by atoms with E-state index in [1.54, 1.807) is 0 Å². The molecular weight excluding hydrogens is 172 g/mol. The maximum absolute atomic E-state index is 2.61. The molecule has 1 heterocycles. The van der Waals surface area contributed by atoms with Crippen molar-refractivity contribution >= 4 is 0 Å². The Balaban J connectivity index is 2.49. The first-order chi connectivity index (χ1) is 6.47. The Morgan fingerprint density at radius 3 is 2.57 bits per heavy atom. The van der Waals surface area contributed by atoms with Gasteiger partial charge in [0.1, 0.15) is 0 Å². The van der Waals surface area contributed by atoms with Crippen molar-refractivity contribution in [3.8, 4) is 0 Å². The van der Waals surface area contributed by atoms with Crippen LogP contribution in [0.3, 0.4) is 0 Å². The van der Waals surface area contributed by atoms with Gasteiger partial charge in [0.05, 0.1) is 6.67 Å². The molecular formula is C12H26N2. The molecule has 1 fully saturated rings. The maximum atomic E-state index is 2.61. The van der Waals surface area contributed by atoms with E-state index in [-0.39, 0.29) is 0 Å². The van der Waals surface area contributed by atoms with Crippen LogP contribution in [-0.4, -0.2) is 41.6 Å². The molecule has 1 aliphatic rings. The minimum atomic E-state index is 0.377. The molecule has 0 aromatic heterocycles. The molecule has 2 nitrogen and oxygen atoms in total. The lowest BCUT2D eigenvalue weighted by molar-refractivity contribution is -0.0209. The number of hydrogen-bond acceptors (Lipinski definition) is 2. The molecule has 0 N–H and O–H groups in total. The standard InChI is InChI=1S/C12H26N2/c1-6-7-8-14-10-13(5)12(3,4)9-11(14)2/h11H,6-10H2,1-5H3. The van der Waals surface area contributed by atoms with Crippen LogP contribution >= 0.6 is 0 Å². The topological polar surface area (TPSA) is 6.48 Å². The van der Waals surface area contributed by atoms with Crippen molar-refractivity contribution in [2.45, 2.75) is 58.5 Å². The summed E-state index contributed by atoms with van der Waals surface area (Å²) in [6.45, 7) is 11.7. The molecule has 1 unspecified atom stereocenters. The second-order valence-electron chi connectivity index (χ2n) is 5.37. The monoisotopic (exact) mass is 198 g/mol. The summed E-state index contributed by atoms with van der Waals surface area (Å²) in [5.41, 5.74) is 0.377. The lowest BCUT2D eigenvalue weighted by Crippen LogP contribution is -2.57. The van der Waals surface area contributed by atoms with Gasteiger partial charge in [-0.15, -0.1) is 0 Å². The van der Waals surface area contributed by atoms with Crippen molar-refractivity contribution in [2.24, 2.45) is 0 Å². The molecule has 1 atom stereocenters. The highest BCUT2D eigenvalue weighted by Gasteiger charge is 2.34. The van der Waals surface area contributed by atoms with E-state index in [4.69, 9.17) is 0 Å². The van der Waals surface area contributed by atoms with Gasteiger partial charge >= 0.3 is 0 Å². The van der Waals surface area contributed by atoms with Gasteiger partial charge in [0.15, 0.2) is 0 Å². The van der Waals surface area contributed by atoms with Crippen LogP contribution in [0.4, 0.5) is 0 Å². The third-order valence-corrected chi connectivity index (χ3v) is 3.64. The molecule has 0 saturated carbocycles. The summed E-state index contributed by atoms with van der Waals surface area (Å²) >= 11 is 0. The molecule has 0 aromatic rings. The number of unbranched alkanes of at least 4 members (excludes halogenated alkanes) is 1. The van der Waals surface area contributed by atoms with Crippen molar-refractivity contribution in [1.29, 1.82) is 0 Å². The van der Waals surface area contributed by atoms with Crippen LogP contribution in [0.2, 0.25) is 0 Å². The van der Waals surface area contributed by atoms with Gasteiger partial charge in [-0.2, -0.15) is 0 Å². The van der Waals surface area contributed by atoms with Crippen molar-refractivity contribution in [3.05, 3.63) is 0 Å². The van der Waals surface area contributed by atoms with Crippen LogP contribution in [0, 0.1) is 0 Å². The van der Waals surface area contributed by atoms with Crippen molar-refractivity contribution in [1.82, 2.24) is 9.80 Å². The zero-order valence-corrected chi connectivity index (χ0v) is 10.5. The molecule has 0 spiro atoms. The highest BCUT2D eigenvalue weighted by atomic mass is 15.4. The maximum Gasteiger partial charge on any atom is 0.0510 e. The van der Waals surface area contributed by atoms with E-state index < -0.39 is 0 Å². The molecule has 84 valence electrons. The second kappa shape index (κ2) is 4.63. The summed E-state index contributed by atoms with van der Waals surface area (Å²) in [5, 5.41) is 0. The van der Waals surface area contributed by atoms with Crippen LogP contribution in [0.15, 0.2) is 0 Å². The fourth-order valence-corrected chi connectivity index (χ4v) is 2.26. The van der Waals surface area contributed by atoms with E-state index in [0.717, 1.165) is 12.7 Å². The normalized spacial score (nSPS) is 29.4. The quantitative estimate of drug-likeness (QED) is 0.687. The first kappa shape index (κ1) is 12.0. The summed E-state index contributed by atoms with van der Waals surface area (Å²) in [6.07, 6.45) is 3.92. The molecule has 0 bridgehead atoms. The largest absolute Gasteiger partial charge is 0.288 e. The zero-order chi connectivity index (χ0) is 10.8. The molecule has 14 heavy (non-hydrogen) atoms. The van der Waals surface area contributed by atoms with Gasteiger partial charge in [-0.3, -0.25) is 9.80 Å². The van der Waals surface area contributed by atoms with Crippen LogP contribution in [-0.2, 0) is 0 Å². The molecule has 1 rings (SSSR count). The van der Waals surface area contributed by atoms with Crippen LogP contribution in [0.1, 0.15) is 47.0 Å². The van der Waals surface area contributed by atoms with Crippen LogP contribution in [0.25, 0.3) is 0 Å². The summed E-state index contributed by atoms with van der Waals surface area (Å²) in [5.74, 6) is 0. The zero-order valence-electron chi connectivity index (χ0n) is 10.5. The summed E-state index contributed by atoms with van der Waals surface area (Å²) < 4.78 is 0. The van der Waals surface area contributed by atoms with Gasteiger partial charge in [-0.1, -0.05) is 13.3 Å². The molecule has 1 saturated heterocycles. The number of hydrogen-bond donors (Lipinski definition) is 0. The van der Waals surface area contributed by atoms with Gasteiger partial charge in [-0.25, -0.2) is 0 Å². The number of nitrogens with zero attached hydrogens (tertiary/aromatic N) is 2. The Labute approximate surface area is 89.3 Å². The predicted molar refractivity (Wildman–Crippen MR) is 62.4 cm³/mol. The molecule has 1 aliphatic heterocycles. The Hall–Kier alpha value is -0.0800. The van der Waals surface area contributed by atoms with Gasteiger partial charge in [0, 0.05) is 11.6 Å². The van der Waals surface area contributed by atoms with Gasteiger partial charge in [0.2, 0.25) is 0 Å². The molecule has 0 aromatic carbocycles. The minimum Gasteiger partial charge on any atom is -0.288 e. The Kier molecular flexibility index (Phi) is 3.96. The average molecular weight is 198 g/mol. The van der Waals surface area contributed by atoms with Gasteiger partial charge in [0.25, 0.3) is 0 Å². The number of rotatable bonds is 3. The first-order valence-corrected chi connectivity index (χ1v) is 5.92. The SMILES string of the molecule is CCCCN1CN(C)C(C)(C)CC1C. The summed E-state index contributed by atoms with van der Waals surface area (Å²) in [6, 6.07) is 0.743. The van der Waals surface area contributed by atoms with Crippen molar-refractivity contribution in [2.75, 3.05) is 20.3 Å². The van der Waals surface area contributed by atoms with E-state index in [2.05, 4.69) is 44.5 Å². The third-order valence-electron chi connectivity index (χ3n) is 3.64. The first-order valence-electron chi connectivity index (χ1n) is 5.92. The fourth-order valence-electron chi connectivity index (χ4n) is 2.26. The van der Waals surface area contributed by atoms with Crippen LogP contribution in [0.5, 0.6) is 0 Å². The molecule has 2 heteroatoms. The van der Waals surface area contributed by atoms with Crippen molar-refractivity contribution < 1.29 is 0 Å². The minimum absolute atomic E-state index is 0.377. The second-order valence-corrected chi connectivity index (χ2v) is 5.37. The molecule has 0 aliphatic carbocycles. The van der Waals surface area contributed by atoms with E-state index in [1.807, 2.05) is 0 Å². The fraction of sp³-hybridized carbons (Fsp3) is 1.00. The van der Waals surface area contributed by atoms with E-state index in [1.165, 1.54) is 25.8 Å². The van der Waals surface area contributed by atoms with Gasteiger partial charge in [-0.05, 0) is 47.2 Å². The van der Waals surface area contributed by atoms with E-state index >= 15 is 0 Å². The molecule has 0 amide bonds. The lowest BCUT2D eigenvalue weighted by atomic mass is 9.91. The van der Waals surface area contributed by atoms with E-state index in [0.29, 0.717) is 5.54 Å². The average Bonchev–Trinajstić information content (AvgIpc) is 2.08. The third kappa shape index (κ3) is 2.71. The Bertz CT molecular complexity index is 177. The summed E-state index contributed by atoms with van der Waals surface area (Å²) in [4.78, 5) is 5.08. The smallest absolute Gasteiger partial charge is 0.0510 e. The Morgan fingerprint density at radius 1 is 1.36 bits per heavy atom. The predicted octanol–water partition coefficient (Wildman–Crippen LogP) is 2.55.